The third kappa shape index (κ3) is 4.72. The monoisotopic (exact) mass is 446 g/mol. The van der Waals surface area contributed by atoms with Crippen LogP contribution in [0.3, 0.4) is 0 Å². The number of nitrogens with zero attached hydrogens (tertiary/aromatic N) is 4. The molecule has 2 aliphatic heterocycles. The van der Waals surface area contributed by atoms with E-state index < -0.39 is 12.1 Å². The van der Waals surface area contributed by atoms with E-state index in [1.165, 1.54) is 6.92 Å². The Balaban J connectivity index is 0.00000272. The SMILES string of the molecule is CC(=O)N1c2ccc(-c3ccc(N4CCNCC4)nn3)cc2[C@H](NC(=O)O)C[C@@H]1C.Cl. The summed E-state index contributed by atoms with van der Waals surface area (Å²) < 4.78 is 0. The van der Waals surface area contributed by atoms with Crippen LogP contribution in [0.25, 0.3) is 11.3 Å². The molecule has 0 saturated carbocycles. The predicted octanol–water partition coefficient (Wildman–Crippen LogP) is 2.43. The Hall–Kier alpha value is -2.91. The lowest BCUT2D eigenvalue weighted by molar-refractivity contribution is -0.117. The van der Waals surface area contributed by atoms with Gasteiger partial charge in [0, 0.05) is 50.4 Å². The lowest BCUT2D eigenvalue weighted by atomic mass is 9.90. The molecule has 0 spiro atoms. The minimum Gasteiger partial charge on any atom is -0.465 e. The Bertz CT molecular complexity index is 949. The summed E-state index contributed by atoms with van der Waals surface area (Å²) in [7, 11) is 0. The van der Waals surface area contributed by atoms with Gasteiger partial charge in [0.15, 0.2) is 5.82 Å². The fourth-order valence-corrected chi connectivity index (χ4v) is 4.33. The van der Waals surface area contributed by atoms with Crippen LogP contribution in [0.15, 0.2) is 30.3 Å². The van der Waals surface area contributed by atoms with Crippen molar-refractivity contribution in [2.75, 3.05) is 36.0 Å². The first-order chi connectivity index (χ1) is 14.4. The van der Waals surface area contributed by atoms with Gasteiger partial charge < -0.3 is 25.5 Å². The van der Waals surface area contributed by atoms with Crippen molar-refractivity contribution in [3.05, 3.63) is 35.9 Å². The number of hydrogen-bond donors (Lipinski definition) is 3. The molecule has 3 N–H and O–H groups in total. The normalized spacial score (nSPS) is 20.5. The van der Waals surface area contributed by atoms with Gasteiger partial charge in [-0.1, -0.05) is 6.07 Å². The highest BCUT2D eigenvalue weighted by Crippen LogP contribution is 2.39. The lowest BCUT2D eigenvalue weighted by Gasteiger charge is -2.39. The van der Waals surface area contributed by atoms with Gasteiger partial charge in [-0.15, -0.1) is 22.6 Å². The number of piperazine rings is 1. The summed E-state index contributed by atoms with van der Waals surface area (Å²) >= 11 is 0. The third-order valence-electron chi connectivity index (χ3n) is 5.70. The number of fused-ring (bicyclic) bond motifs is 1. The van der Waals surface area contributed by atoms with Crippen molar-refractivity contribution in [3.63, 3.8) is 0 Å². The predicted molar refractivity (Wildman–Crippen MR) is 121 cm³/mol. The van der Waals surface area contributed by atoms with Crippen molar-refractivity contribution in [1.29, 1.82) is 0 Å². The second kappa shape index (κ2) is 9.49. The van der Waals surface area contributed by atoms with Crippen molar-refractivity contribution in [3.8, 4) is 11.3 Å². The molecule has 2 aromatic rings. The first-order valence-electron chi connectivity index (χ1n) is 10.2. The number of halogens is 1. The average Bonchev–Trinajstić information content (AvgIpc) is 2.73. The van der Waals surface area contributed by atoms with Gasteiger partial charge in [0.05, 0.1) is 11.7 Å². The number of benzene rings is 1. The van der Waals surface area contributed by atoms with Crippen LogP contribution in [-0.4, -0.2) is 59.5 Å². The Morgan fingerprint density at radius 1 is 1.16 bits per heavy atom. The Morgan fingerprint density at radius 2 is 1.90 bits per heavy atom. The Kier molecular flexibility index (Phi) is 6.97. The van der Waals surface area contributed by atoms with Crippen LogP contribution in [0.5, 0.6) is 0 Å². The summed E-state index contributed by atoms with van der Waals surface area (Å²) in [5, 5.41) is 24.0. The fraction of sp³-hybridized carbons (Fsp3) is 0.429. The summed E-state index contributed by atoms with van der Waals surface area (Å²) in [6, 6.07) is 9.08. The third-order valence-corrected chi connectivity index (χ3v) is 5.70. The molecule has 0 unspecified atom stereocenters. The van der Waals surface area contributed by atoms with Gasteiger partial charge in [-0.05, 0) is 43.2 Å². The topological polar surface area (TPSA) is 111 Å². The Labute approximate surface area is 187 Å². The first-order valence-corrected chi connectivity index (χ1v) is 10.2. The number of amides is 2. The number of aromatic nitrogens is 2. The second-order valence-corrected chi connectivity index (χ2v) is 7.76. The molecule has 1 fully saturated rings. The van der Waals surface area contributed by atoms with E-state index in [9.17, 15) is 14.7 Å². The maximum atomic E-state index is 12.2. The lowest BCUT2D eigenvalue weighted by Crippen LogP contribution is -2.45. The molecular weight excluding hydrogens is 420 g/mol. The van der Waals surface area contributed by atoms with Crippen LogP contribution in [0.4, 0.5) is 16.3 Å². The molecule has 2 amide bonds. The van der Waals surface area contributed by atoms with Crippen LogP contribution in [0.1, 0.15) is 31.9 Å². The summed E-state index contributed by atoms with van der Waals surface area (Å²) in [5.41, 5.74) is 3.05. The van der Waals surface area contributed by atoms with Gasteiger partial charge in [-0.2, -0.15) is 0 Å². The number of anilines is 2. The summed E-state index contributed by atoms with van der Waals surface area (Å²) in [4.78, 5) is 27.4. The quantitative estimate of drug-likeness (QED) is 0.664. The fourth-order valence-electron chi connectivity index (χ4n) is 4.33. The highest BCUT2D eigenvalue weighted by atomic mass is 35.5. The minimum absolute atomic E-state index is 0. The Morgan fingerprint density at radius 3 is 2.52 bits per heavy atom. The van der Waals surface area contributed by atoms with Crippen molar-refractivity contribution in [2.24, 2.45) is 0 Å². The molecule has 1 saturated heterocycles. The first kappa shape index (κ1) is 22.8. The number of nitrogens with one attached hydrogen (secondary N) is 2. The van der Waals surface area contributed by atoms with E-state index in [0.717, 1.165) is 48.8 Å². The van der Waals surface area contributed by atoms with E-state index in [-0.39, 0.29) is 24.4 Å². The molecule has 0 aliphatic carbocycles. The zero-order valence-corrected chi connectivity index (χ0v) is 18.4. The van der Waals surface area contributed by atoms with Crippen molar-refractivity contribution in [2.45, 2.75) is 32.4 Å². The maximum absolute atomic E-state index is 12.2. The van der Waals surface area contributed by atoms with E-state index in [0.29, 0.717) is 12.1 Å². The van der Waals surface area contributed by atoms with Crippen molar-refractivity contribution < 1.29 is 14.7 Å². The van der Waals surface area contributed by atoms with Gasteiger partial charge in [-0.25, -0.2) is 4.79 Å². The van der Waals surface area contributed by atoms with Gasteiger partial charge >= 0.3 is 6.09 Å². The van der Waals surface area contributed by atoms with Gasteiger partial charge in [-0.3, -0.25) is 4.79 Å². The number of hydrogen-bond acceptors (Lipinski definition) is 6. The molecule has 2 aliphatic rings. The smallest absolute Gasteiger partial charge is 0.405 e. The van der Waals surface area contributed by atoms with Gasteiger partial charge in [0.2, 0.25) is 5.91 Å². The molecule has 9 nitrogen and oxygen atoms in total. The molecule has 166 valence electrons. The standard InChI is InChI=1S/C21H26N6O3.ClH/c1-13-11-18(23-21(29)30)16-12-15(3-5-19(16)27(13)14(2)28)17-4-6-20(25-24-17)26-9-7-22-8-10-26;/h3-6,12-13,18,22-23H,7-11H2,1-2H3,(H,29,30);1H/t13-,18+;/m0./s1. The molecule has 0 radical (unpaired) electrons. The number of carbonyl (C=O) groups is 2. The molecule has 1 aromatic carbocycles. The van der Waals surface area contributed by atoms with Crippen LogP contribution in [-0.2, 0) is 4.79 Å². The molecule has 3 heterocycles. The van der Waals surface area contributed by atoms with E-state index in [1.54, 1.807) is 4.90 Å². The number of rotatable bonds is 3. The minimum atomic E-state index is -1.08. The van der Waals surface area contributed by atoms with Crippen molar-refractivity contribution >= 4 is 35.9 Å². The zero-order valence-electron chi connectivity index (χ0n) is 17.5. The van der Waals surface area contributed by atoms with Gasteiger partial charge in [0.1, 0.15) is 0 Å². The number of carboxylic acid groups (broad SMARTS) is 1. The highest BCUT2D eigenvalue weighted by molar-refractivity contribution is 5.94. The average molecular weight is 447 g/mol. The second-order valence-electron chi connectivity index (χ2n) is 7.76. The molecule has 10 heteroatoms. The van der Waals surface area contributed by atoms with Crippen molar-refractivity contribution in [1.82, 2.24) is 20.8 Å². The maximum Gasteiger partial charge on any atom is 0.405 e. The van der Waals surface area contributed by atoms with Crippen LogP contribution in [0.2, 0.25) is 0 Å². The van der Waals surface area contributed by atoms with Crippen LogP contribution >= 0.6 is 12.4 Å². The van der Waals surface area contributed by atoms with Crippen LogP contribution in [0, 0.1) is 0 Å². The largest absolute Gasteiger partial charge is 0.465 e. The van der Waals surface area contributed by atoms with E-state index in [2.05, 4.69) is 25.7 Å². The molecule has 4 rings (SSSR count). The molecule has 2 atom stereocenters. The summed E-state index contributed by atoms with van der Waals surface area (Å²) in [6.07, 6.45) is -0.573. The zero-order chi connectivity index (χ0) is 21.3. The van der Waals surface area contributed by atoms with Crippen LogP contribution < -0.4 is 20.4 Å². The van der Waals surface area contributed by atoms with E-state index in [1.807, 2.05) is 37.3 Å². The molecule has 1 aromatic heterocycles. The summed E-state index contributed by atoms with van der Waals surface area (Å²) in [5.74, 6) is 0.783. The van der Waals surface area contributed by atoms with E-state index >= 15 is 0 Å². The molecular formula is C21H27ClN6O3. The number of carbonyl (C=O) groups excluding carboxylic acids is 1. The summed E-state index contributed by atoms with van der Waals surface area (Å²) in [6.45, 7) is 7.10. The molecule has 0 bridgehead atoms. The van der Waals surface area contributed by atoms with Gasteiger partial charge in [0.25, 0.3) is 0 Å². The molecule has 31 heavy (non-hydrogen) atoms. The van der Waals surface area contributed by atoms with E-state index in [4.69, 9.17) is 0 Å². The highest BCUT2D eigenvalue weighted by Gasteiger charge is 2.33.